The zero-order valence-corrected chi connectivity index (χ0v) is 17.6. The van der Waals surface area contributed by atoms with Crippen molar-refractivity contribution in [2.45, 2.75) is 31.7 Å². The quantitative estimate of drug-likeness (QED) is 0.502. The predicted molar refractivity (Wildman–Crippen MR) is 115 cm³/mol. The third-order valence-electron chi connectivity index (χ3n) is 6.10. The van der Waals surface area contributed by atoms with Gasteiger partial charge in [0.05, 0.1) is 28.1 Å². The molecule has 154 valence electrons. The number of imidazole rings is 1. The van der Waals surface area contributed by atoms with Gasteiger partial charge in [0.25, 0.3) is 5.56 Å². The van der Waals surface area contributed by atoms with Gasteiger partial charge in [-0.3, -0.25) is 18.7 Å². The van der Waals surface area contributed by atoms with Gasteiger partial charge < -0.3 is 4.57 Å². The molecule has 2 atom stereocenters. The molecule has 1 saturated carbocycles. The second-order valence-electron chi connectivity index (χ2n) is 7.88. The Labute approximate surface area is 175 Å². The lowest BCUT2D eigenvalue weighted by atomic mass is 9.92. The third kappa shape index (κ3) is 2.84. The lowest BCUT2D eigenvalue weighted by molar-refractivity contribution is -0.123. The number of aromatic nitrogens is 5. The summed E-state index contributed by atoms with van der Waals surface area (Å²) in [5, 5.41) is 1.01. The highest BCUT2D eigenvalue weighted by Gasteiger charge is 2.36. The molecule has 0 spiro atoms. The minimum Gasteiger partial charge on any atom is -0.317 e. The molecule has 0 N–H and O–H groups in total. The van der Waals surface area contributed by atoms with Crippen LogP contribution in [0.4, 0.5) is 0 Å². The number of thiazole rings is 1. The molecule has 0 aliphatic heterocycles. The maximum atomic E-state index is 13.3. The van der Waals surface area contributed by atoms with Crippen molar-refractivity contribution in [2.24, 2.45) is 20.0 Å². The van der Waals surface area contributed by atoms with Gasteiger partial charge in [0.15, 0.2) is 16.9 Å². The molecule has 30 heavy (non-hydrogen) atoms. The lowest BCUT2D eigenvalue weighted by Gasteiger charge is -2.17. The fourth-order valence-corrected chi connectivity index (χ4v) is 5.66. The fraction of sp³-hybridized carbons (Fsp3) is 0.381. The van der Waals surface area contributed by atoms with E-state index in [1.807, 2.05) is 18.2 Å². The summed E-state index contributed by atoms with van der Waals surface area (Å²) in [6.07, 6.45) is 4.22. The second kappa shape index (κ2) is 7.02. The Bertz CT molecular complexity index is 1380. The number of aryl methyl sites for hydroxylation is 1. The first-order valence-electron chi connectivity index (χ1n) is 9.94. The number of carbonyl (C=O) groups is 1. The van der Waals surface area contributed by atoms with E-state index in [4.69, 9.17) is 4.98 Å². The van der Waals surface area contributed by atoms with Gasteiger partial charge in [-0.1, -0.05) is 18.6 Å². The fourth-order valence-electron chi connectivity index (χ4n) is 4.49. The average Bonchev–Trinajstić information content (AvgIpc) is 3.47. The molecule has 3 heterocycles. The zero-order valence-electron chi connectivity index (χ0n) is 16.7. The van der Waals surface area contributed by atoms with E-state index in [1.54, 1.807) is 23.0 Å². The van der Waals surface area contributed by atoms with E-state index in [1.165, 1.54) is 17.9 Å². The van der Waals surface area contributed by atoms with Crippen molar-refractivity contribution < 1.29 is 4.79 Å². The molecule has 1 fully saturated rings. The van der Waals surface area contributed by atoms with Gasteiger partial charge >= 0.3 is 5.69 Å². The number of fused-ring (bicyclic) bond motifs is 2. The number of rotatable bonds is 4. The maximum Gasteiger partial charge on any atom is 0.332 e. The molecule has 5 rings (SSSR count). The van der Waals surface area contributed by atoms with Crippen molar-refractivity contribution >= 4 is 38.5 Å². The molecule has 0 saturated heterocycles. The first kappa shape index (κ1) is 18.9. The highest BCUT2D eigenvalue weighted by atomic mass is 32.1. The zero-order chi connectivity index (χ0) is 21.0. The summed E-state index contributed by atoms with van der Waals surface area (Å²) < 4.78 is 5.09. The Hall–Kier alpha value is -3.07. The van der Waals surface area contributed by atoms with E-state index in [9.17, 15) is 14.4 Å². The minimum atomic E-state index is -0.437. The first-order chi connectivity index (χ1) is 14.5. The molecule has 0 amide bonds. The van der Waals surface area contributed by atoms with E-state index < -0.39 is 11.2 Å². The first-order valence-corrected chi connectivity index (χ1v) is 10.8. The smallest absolute Gasteiger partial charge is 0.317 e. The van der Waals surface area contributed by atoms with Crippen molar-refractivity contribution in [1.29, 1.82) is 0 Å². The summed E-state index contributed by atoms with van der Waals surface area (Å²) in [5.41, 5.74) is 0.677. The molecule has 2 unspecified atom stereocenters. The Balaban J connectivity index is 1.48. The van der Waals surface area contributed by atoms with Crippen LogP contribution in [-0.4, -0.2) is 29.5 Å². The molecule has 0 radical (unpaired) electrons. The van der Waals surface area contributed by atoms with Crippen LogP contribution in [0.1, 0.15) is 30.2 Å². The summed E-state index contributed by atoms with van der Waals surface area (Å²) >= 11 is 1.66. The van der Waals surface area contributed by atoms with E-state index in [0.29, 0.717) is 5.65 Å². The molecule has 1 aliphatic rings. The number of Topliss-reactive ketones (excluding diaryl/α,β-unsaturated/α-hetero) is 1. The highest BCUT2D eigenvalue weighted by molar-refractivity contribution is 7.18. The van der Waals surface area contributed by atoms with Gasteiger partial charge in [0.2, 0.25) is 0 Å². The van der Waals surface area contributed by atoms with Crippen molar-refractivity contribution in [3.63, 3.8) is 0 Å². The van der Waals surface area contributed by atoms with Crippen LogP contribution < -0.4 is 11.2 Å². The van der Waals surface area contributed by atoms with Gasteiger partial charge in [-0.2, -0.15) is 0 Å². The van der Waals surface area contributed by atoms with Crippen LogP contribution >= 0.6 is 11.3 Å². The number of carbonyl (C=O) groups excluding carboxylic acids is 1. The molecule has 9 heteroatoms. The molecule has 3 aromatic heterocycles. The normalized spacial score (nSPS) is 19.1. The summed E-state index contributed by atoms with van der Waals surface area (Å²) in [7, 11) is 3.01. The van der Waals surface area contributed by atoms with Crippen molar-refractivity contribution in [2.75, 3.05) is 0 Å². The predicted octanol–water partition coefficient (Wildman–Crippen LogP) is 2.20. The molecule has 4 aromatic rings. The molecule has 1 aliphatic carbocycles. The Morgan fingerprint density at radius 3 is 2.77 bits per heavy atom. The van der Waals surface area contributed by atoms with Crippen LogP contribution in [-0.2, 0) is 25.4 Å². The largest absolute Gasteiger partial charge is 0.332 e. The lowest BCUT2D eigenvalue weighted by Crippen LogP contribution is -2.37. The number of para-hydroxylation sites is 1. The monoisotopic (exact) mass is 423 g/mol. The highest BCUT2D eigenvalue weighted by Crippen LogP contribution is 2.43. The van der Waals surface area contributed by atoms with E-state index in [2.05, 4.69) is 11.1 Å². The van der Waals surface area contributed by atoms with Gasteiger partial charge in [-0.25, -0.2) is 14.8 Å². The van der Waals surface area contributed by atoms with Crippen LogP contribution in [0.2, 0.25) is 0 Å². The van der Waals surface area contributed by atoms with Crippen LogP contribution in [0.25, 0.3) is 21.4 Å². The van der Waals surface area contributed by atoms with Crippen LogP contribution in [0.15, 0.2) is 40.2 Å². The summed E-state index contributed by atoms with van der Waals surface area (Å²) in [5.74, 6) is 0.0585. The summed E-state index contributed by atoms with van der Waals surface area (Å²) in [6, 6.07) is 8.03. The van der Waals surface area contributed by atoms with Crippen molar-refractivity contribution in [3.8, 4) is 0 Å². The number of ketones is 1. The van der Waals surface area contributed by atoms with Gasteiger partial charge in [-0.15, -0.1) is 11.3 Å². The van der Waals surface area contributed by atoms with Crippen LogP contribution in [0, 0.1) is 5.92 Å². The number of benzene rings is 1. The average molecular weight is 423 g/mol. The van der Waals surface area contributed by atoms with E-state index in [-0.39, 0.29) is 29.7 Å². The SMILES string of the molecule is Cn1c(=O)c2c(ncn2CC(=O)C2CCCC2c2nc3ccccc3s2)n(C)c1=O. The minimum absolute atomic E-state index is 0.0655. The Kier molecular flexibility index (Phi) is 4.43. The van der Waals surface area contributed by atoms with E-state index >= 15 is 0 Å². The number of hydrogen-bond donors (Lipinski definition) is 0. The van der Waals surface area contributed by atoms with E-state index in [0.717, 1.165) is 39.1 Å². The van der Waals surface area contributed by atoms with Crippen LogP contribution in [0.3, 0.4) is 0 Å². The van der Waals surface area contributed by atoms with Crippen molar-refractivity contribution in [3.05, 3.63) is 56.4 Å². The second-order valence-corrected chi connectivity index (χ2v) is 8.94. The van der Waals surface area contributed by atoms with Crippen molar-refractivity contribution in [1.82, 2.24) is 23.7 Å². The molecule has 0 bridgehead atoms. The Morgan fingerprint density at radius 2 is 1.97 bits per heavy atom. The van der Waals surface area contributed by atoms with Gasteiger partial charge in [-0.05, 0) is 25.0 Å². The molecule has 8 nitrogen and oxygen atoms in total. The third-order valence-corrected chi connectivity index (χ3v) is 7.27. The maximum absolute atomic E-state index is 13.3. The Morgan fingerprint density at radius 1 is 1.17 bits per heavy atom. The number of nitrogens with zero attached hydrogens (tertiary/aromatic N) is 5. The number of hydrogen-bond acceptors (Lipinski definition) is 6. The summed E-state index contributed by atoms with van der Waals surface area (Å²) in [4.78, 5) is 47.0. The molecular weight excluding hydrogens is 402 g/mol. The standard InChI is InChI=1S/C21H21N5O3S/c1-24-18-17(20(28)25(2)21(24)29)26(11-22-18)10-15(27)12-6-5-7-13(12)19-23-14-8-3-4-9-16(14)30-19/h3-4,8-9,11-13H,5-7,10H2,1-2H3. The van der Waals surface area contributed by atoms with Crippen LogP contribution in [0.5, 0.6) is 0 Å². The van der Waals surface area contributed by atoms with Gasteiger partial charge in [0.1, 0.15) is 0 Å². The van der Waals surface area contributed by atoms with Gasteiger partial charge in [0, 0.05) is 25.9 Å². The molecule has 1 aromatic carbocycles. The summed E-state index contributed by atoms with van der Waals surface area (Å²) in [6.45, 7) is 0.0655. The topological polar surface area (TPSA) is 91.8 Å². The molecular formula is C21H21N5O3S.